The van der Waals surface area contributed by atoms with E-state index in [0.717, 1.165) is 0 Å². The van der Waals surface area contributed by atoms with Gasteiger partial charge in [0.2, 0.25) is 5.54 Å². The van der Waals surface area contributed by atoms with Gasteiger partial charge in [0.05, 0.1) is 0 Å². The Hall–Kier alpha value is -1.13. The van der Waals surface area contributed by atoms with E-state index in [1.807, 2.05) is 0 Å². The molecule has 0 amide bonds. The van der Waals surface area contributed by atoms with Crippen molar-refractivity contribution in [2.24, 2.45) is 0 Å². The molecular weight excluding hydrogens is 218 g/mol. The Kier molecular flexibility index (Phi) is 3.31. The molecule has 0 aliphatic heterocycles. The topological polar surface area (TPSA) is 63.4 Å². The lowest BCUT2D eigenvalue weighted by Crippen LogP contribution is -2.37. The van der Waals surface area contributed by atoms with E-state index < -0.39 is 16.6 Å². The number of rotatable bonds is 3. The monoisotopic (exact) mass is 229 g/mol. The van der Waals surface area contributed by atoms with Crippen molar-refractivity contribution in [1.82, 2.24) is 0 Å². The summed E-state index contributed by atoms with van der Waals surface area (Å²) in [5.41, 5.74) is -0.922. The van der Waals surface area contributed by atoms with Crippen molar-refractivity contribution in [1.29, 1.82) is 0 Å². The number of nitrogens with zero attached hydrogens (tertiary/aromatic N) is 1. The quantitative estimate of drug-likeness (QED) is 0.640. The summed E-state index contributed by atoms with van der Waals surface area (Å²) < 4.78 is 0. The Labute approximate surface area is 92.6 Å². The minimum atomic E-state index is -1.41. The van der Waals surface area contributed by atoms with Crippen LogP contribution in [0.15, 0.2) is 24.3 Å². The number of aliphatic hydroxyl groups is 1. The van der Waals surface area contributed by atoms with E-state index >= 15 is 0 Å². The number of aliphatic hydroxyl groups excluding tert-OH is 1. The molecule has 1 aromatic rings. The highest BCUT2D eigenvalue weighted by Gasteiger charge is 2.40. The number of benzene rings is 1. The first-order chi connectivity index (χ1) is 6.85. The van der Waals surface area contributed by atoms with E-state index in [2.05, 4.69) is 0 Å². The zero-order chi connectivity index (χ0) is 11.6. The summed E-state index contributed by atoms with van der Waals surface area (Å²) in [4.78, 5) is 10.2. The predicted octanol–water partition coefficient (Wildman–Crippen LogP) is 2.43. The molecule has 0 fully saturated rings. The molecule has 0 radical (unpaired) electrons. The average molecular weight is 230 g/mol. The van der Waals surface area contributed by atoms with Gasteiger partial charge >= 0.3 is 0 Å². The highest BCUT2D eigenvalue weighted by atomic mass is 35.5. The lowest BCUT2D eigenvalue weighted by Gasteiger charge is -2.22. The van der Waals surface area contributed by atoms with Gasteiger partial charge in [-0.1, -0.05) is 23.7 Å². The van der Waals surface area contributed by atoms with Crippen molar-refractivity contribution < 1.29 is 10.0 Å². The van der Waals surface area contributed by atoms with Crippen molar-refractivity contribution in [3.63, 3.8) is 0 Å². The van der Waals surface area contributed by atoms with Crippen LogP contribution in [-0.2, 0) is 0 Å². The molecule has 0 aromatic heterocycles. The predicted molar refractivity (Wildman–Crippen MR) is 57.5 cm³/mol. The Bertz CT molecular complexity index is 361. The molecule has 1 rings (SSSR count). The van der Waals surface area contributed by atoms with E-state index in [9.17, 15) is 15.2 Å². The molecule has 0 aliphatic carbocycles. The Morgan fingerprint density at radius 1 is 1.40 bits per heavy atom. The molecule has 0 heterocycles. The van der Waals surface area contributed by atoms with E-state index in [-0.39, 0.29) is 0 Å². The smallest absolute Gasteiger partial charge is 0.246 e. The Morgan fingerprint density at radius 3 is 2.27 bits per heavy atom. The van der Waals surface area contributed by atoms with Crippen LogP contribution >= 0.6 is 11.6 Å². The van der Waals surface area contributed by atoms with Crippen molar-refractivity contribution in [3.8, 4) is 0 Å². The Morgan fingerprint density at radius 2 is 1.87 bits per heavy atom. The largest absolute Gasteiger partial charge is 0.381 e. The van der Waals surface area contributed by atoms with Crippen LogP contribution in [-0.4, -0.2) is 15.6 Å². The van der Waals surface area contributed by atoms with Gasteiger partial charge in [-0.25, -0.2) is 0 Å². The first-order valence-electron chi connectivity index (χ1n) is 4.43. The van der Waals surface area contributed by atoms with Crippen LogP contribution in [0.3, 0.4) is 0 Å². The SMILES string of the molecule is CC(C)(C(O)c1ccc(Cl)cc1)[N+](=O)[O-]. The molecule has 0 spiro atoms. The van der Waals surface area contributed by atoms with Gasteiger partial charge in [-0.2, -0.15) is 0 Å². The molecule has 1 unspecified atom stereocenters. The van der Waals surface area contributed by atoms with Crippen molar-refractivity contribution in [3.05, 3.63) is 45.0 Å². The van der Waals surface area contributed by atoms with Crippen LogP contribution in [0.1, 0.15) is 25.5 Å². The summed E-state index contributed by atoms with van der Waals surface area (Å²) in [5, 5.41) is 21.1. The molecule has 0 aliphatic rings. The van der Waals surface area contributed by atoms with Crippen LogP contribution < -0.4 is 0 Å². The fraction of sp³-hybridized carbons (Fsp3) is 0.400. The molecule has 4 nitrogen and oxygen atoms in total. The van der Waals surface area contributed by atoms with E-state index in [0.29, 0.717) is 10.6 Å². The molecule has 0 bridgehead atoms. The lowest BCUT2D eigenvalue weighted by molar-refractivity contribution is -0.575. The van der Waals surface area contributed by atoms with Gasteiger partial charge in [0.25, 0.3) is 0 Å². The molecule has 0 saturated carbocycles. The highest BCUT2D eigenvalue weighted by Crippen LogP contribution is 2.28. The van der Waals surface area contributed by atoms with E-state index in [4.69, 9.17) is 11.6 Å². The highest BCUT2D eigenvalue weighted by molar-refractivity contribution is 6.30. The van der Waals surface area contributed by atoms with Gasteiger partial charge in [0.15, 0.2) is 0 Å². The Balaban J connectivity index is 2.99. The normalized spacial score (nSPS) is 13.6. The van der Waals surface area contributed by atoms with Crippen LogP contribution in [0.25, 0.3) is 0 Å². The van der Waals surface area contributed by atoms with E-state index in [1.165, 1.54) is 13.8 Å². The number of hydrogen-bond donors (Lipinski definition) is 1. The van der Waals surface area contributed by atoms with Gasteiger partial charge in [-0.3, -0.25) is 10.1 Å². The summed E-state index contributed by atoms with van der Waals surface area (Å²) >= 11 is 5.68. The van der Waals surface area contributed by atoms with Crippen molar-refractivity contribution in [2.75, 3.05) is 0 Å². The maximum Gasteiger partial charge on any atom is 0.246 e. The molecule has 1 N–H and O–H groups in total. The summed E-state index contributed by atoms with van der Waals surface area (Å²) in [5.74, 6) is 0. The fourth-order valence-electron chi connectivity index (χ4n) is 1.15. The first kappa shape index (κ1) is 11.9. The summed E-state index contributed by atoms with van der Waals surface area (Å²) in [6, 6.07) is 6.35. The summed E-state index contributed by atoms with van der Waals surface area (Å²) in [7, 11) is 0. The molecule has 0 saturated heterocycles. The van der Waals surface area contributed by atoms with Crippen molar-refractivity contribution in [2.45, 2.75) is 25.5 Å². The molecule has 15 heavy (non-hydrogen) atoms. The maximum absolute atomic E-state index is 10.7. The lowest BCUT2D eigenvalue weighted by atomic mass is 9.92. The van der Waals surface area contributed by atoms with Gasteiger partial charge in [-0.15, -0.1) is 0 Å². The van der Waals surface area contributed by atoms with Crippen LogP contribution in [0.5, 0.6) is 0 Å². The fourth-order valence-corrected chi connectivity index (χ4v) is 1.28. The van der Waals surface area contributed by atoms with Gasteiger partial charge in [-0.05, 0) is 17.7 Å². The third-order valence-corrected chi connectivity index (χ3v) is 2.58. The first-order valence-corrected chi connectivity index (χ1v) is 4.81. The molecule has 82 valence electrons. The average Bonchev–Trinajstić information content (AvgIpc) is 2.17. The molecule has 1 atom stereocenters. The molecular formula is C10H12ClNO3. The second-order valence-electron chi connectivity index (χ2n) is 3.86. The third kappa shape index (κ3) is 2.46. The standard InChI is InChI=1S/C10H12ClNO3/c1-10(2,12(14)15)9(13)7-3-5-8(11)6-4-7/h3-6,9,13H,1-2H3. The van der Waals surface area contributed by atoms with Crippen LogP contribution in [0, 0.1) is 10.1 Å². The minimum absolute atomic E-state index is 0.487. The summed E-state index contributed by atoms with van der Waals surface area (Å²) in [6.45, 7) is 2.76. The third-order valence-electron chi connectivity index (χ3n) is 2.33. The van der Waals surface area contributed by atoms with Gasteiger partial charge < -0.3 is 5.11 Å². The second-order valence-corrected chi connectivity index (χ2v) is 4.30. The summed E-state index contributed by atoms with van der Waals surface area (Å²) in [6.07, 6.45) is -1.15. The maximum atomic E-state index is 10.7. The van der Waals surface area contributed by atoms with Gasteiger partial charge in [0.1, 0.15) is 6.10 Å². The molecule has 1 aromatic carbocycles. The zero-order valence-electron chi connectivity index (χ0n) is 8.48. The van der Waals surface area contributed by atoms with Gasteiger partial charge in [0, 0.05) is 23.8 Å². The van der Waals surface area contributed by atoms with Crippen LogP contribution in [0.2, 0.25) is 5.02 Å². The number of nitro groups is 1. The number of halogens is 1. The minimum Gasteiger partial charge on any atom is -0.381 e. The zero-order valence-corrected chi connectivity index (χ0v) is 9.23. The van der Waals surface area contributed by atoms with E-state index in [1.54, 1.807) is 24.3 Å². The second kappa shape index (κ2) is 4.16. The van der Waals surface area contributed by atoms with Crippen molar-refractivity contribution >= 4 is 11.6 Å². The number of hydrogen-bond acceptors (Lipinski definition) is 3. The molecule has 5 heteroatoms. The van der Waals surface area contributed by atoms with Crippen LogP contribution in [0.4, 0.5) is 0 Å².